The number of hydrogen-bond donors (Lipinski definition) is 0. The molecule has 0 saturated carbocycles. The van der Waals surface area contributed by atoms with Gasteiger partial charge in [0.05, 0.1) is 31.7 Å². The monoisotopic (exact) mass is 358 g/mol. The normalized spacial score (nSPS) is 10.6. The molecule has 25 heavy (non-hydrogen) atoms. The molecule has 0 aliphatic rings. The summed E-state index contributed by atoms with van der Waals surface area (Å²) >= 11 is 1.28. The summed E-state index contributed by atoms with van der Waals surface area (Å²) in [6, 6.07) is 10.2. The second kappa shape index (κ2) is 6.24. The van der Waals surface area contributed by atoms with E-state index in [1.807, 2.05) is 18.2 Å². The van der Waals surface area contributed by atoms with Crippen molar-refractivity contribution in [3.05, 3.63) is 68.3 Å². The number of anilines is 1. The molecule has 2 aromatic carbocycles. The number of fused-ring (bicyclic) bond motifs is 1. The summed E-state index contributed by atoms with van der Waals surface area (Å²) in [6.07, 6.45) is 0. The van der Waals surface area contributed by atoms with Crippen LogP contribution in [0.1, 0.15) is 10.4 Å². The average Bonchev–Trinajstić information content (AvgIpc) is 3.04. The smallest absolute Gasteiger partial charge is 0.277 e. The third-order valence-electron chi connectivity index (χ3n) is 3.45. The number of nitro benzene ring substituents is 2. The van der Waals surface area contributed by atoms with Gasteiger partial charge in [-0.05, 0) is 12.1 Å². The summed E-state index contributed by atoms with van der Waals surface area (Å²) in [6.45, 7) is 0. The number of benzene rings is 2. The first kappa shape index (κ1) is 16.5. The van der Waals surface area contributed by atoms with Crippen LogP contribution in [0.15, 0.2) is 42.5 Å². The highest BCUT2D eigenvalue weighted by atomic mass is 32.1. The molecule has 126 valence electrons. The number of non-ortho nitro benzene ring substituents is 2. The van der Waals surface area contributed by atoms with Gasteiger partial charge in [-0.1, -0.05) is 23.5 Å². The van der Waals surface area contributed by atoms with Gasteiger partial charge in [-0.3, -0.25) is 29.9 Å². The van der Waals surface area contributed by atoms with E-state index in [2.05, 4.69) is 4.98 Å². The number of nitrogens with zero attached hydrogens (tertiary/aromatic N) is 4. The quantitative estimate of drug-likeness (QED) is 0.521. The van der Waals surface area contributed by atoms with Gasteiger partial charge in [0, 0.05) is 19.2 Å². The van der Waals surface area contributed by atoms with E-state index >= 15 is 0 Å². The molecule has 3 rings (SSSR count). The third kappa shape index (κ3) is 3.15. The lowest BCUT2D eigenvalue weighted by atomic mass is 10.1. The van der Waals surface area contributed by atoms with Crippen molar-refractivity contribution in [2.45, 2.75) is 0 Å². The summed E-state index contributed by atoms with van der Waals surface area (Å²) < 4.78 is 0.877. The Hall–Kier alpha value is -3.40. The number of carbonyl (C=O) groups is 1. The van der Waals surface area contributed by atoms with Crippen LogP contribution in [0, 0.1) is 20.2 Å². The number of hydrogen-bond acceptors (Lipinski definition) is 7. The molecule has 10 heteroatoms. The summed E-state index contributed by atoms with van der Waals surface area (Å²) in [7, 11) is 1.46. The standard InChI is InChI=1S/C15H10N4O5S/c1-17(15-16-12-4-2-3-5-13(12)25-15)14(20)9-6-10(18(21)22)8-11(7-9)19(23)24/h2-8H,1H3. The molecule has 0 aliphatic heterocycles. The predicted molar refractivity (Wildman–Crippen MR) is 92.1 cm³/mol. The van der Waals surface area contributed by atoms with Gasteiger partial charge < -0.3 is 0 Å². The third-order valence-corrected chi connectivity index (χ3v) is 4.56. The second-order valence-electron chi connectivity index (χ2n) is 5.08. The molecule has 0 atom stereocenters. The zero-order valence-electron chi connectivity index (χ0n) is 12.8. The summed E-state index contributed by atoms with van der Waals surface area (Å²) in [5.74, 6) is -0.620. The van der Waals surface area contributed by atoms with E-state index in [4.69, 9.17) is 0 Å². The van der Waals surface area contributed by atoms with Crippen LogP contribution in [-0.4, -0.2) is 27.8 Å². The molecule has 0 radical (unpaired) electrons. The van der Waals surface area contributed by atoms with Crippen molar-refractivity contribution >= 4 is 44.0 Å². The Balaban J connectivity index is 2.01. The number of carbonyl (C=O) groups excluding carboxylic acids is 1. The lowest BCUT2D eigenvalue weighted by Gasteiger charge is -2.13. The van der Waals surface area contributed by atoms with Crippen LogP contribution >= 0.6 is 11.3 Å². The minimum Gasteiger partial charge on any atom is -0.287 e. The van der Waals surface area contributed by atoms with Crippen LogP contribution in [0.2, 0.25) is 0 Å². The van der Waals surface area contributed by atoms with Gasteiger partial charge in [0.1, 0.15) is 0 Å². The maximum Gasteiger partial charge on any atom is 0.277 e. The van der Waals surface area contributed by atoms with Crippen LogP contribution in [0.3, 0.4) is 0 Å². The minimum absolute atomic E-state index is 0.150. The van der Waals surface area contributed by atoms with Crippen molar-refractivity contribution in [3.8, 4) is 0 Å². The van der Waals surface area contributed by atoms with E-state index in [9.17, 15) is 25.0 Å². The van der Waals surface area contributed by atoms with E-state index in [0.717, 1.165) is 22.9 Å². The summed E-state index contributed by atoms with van der Waals surface area (Å²) in [5, 5.41) is 22.3. The van der Waals surface area contributed by atoms with Crippen LogP contribution in [0.4, 0.5) is 16.5 Å². The van der Waals surface area contributed by atoms with Crippen LogP contribution in [0.25, 0.3) is 10.2 Å². The average molecular weight is 358 g/mol. The molecule has 0 saturated heterocycles. The molecular formula is C15H10N4O5S. The molecule has 0 spiro atoms. The molecular weight excluding hydrogens is 348 g/mol. The number of amides is 1. The molecule has 1 heterocycles. The maximum absolute atomic E-state index is 12.6. The van der Waals surface area contributed by atoms with E-state index in [-0.39, 0.29) is 5.56 Å². The Morgan fingerprint density at radius 3 is 2.24 bits per heavy atom. The molecule has 3 aromatic rings. The van der Waals surface area contributed by atoms with Gasteiger partial charge in [-0.2, -0.15) is 0 Å². The minimum atomic E-state index is -0.776. The molecule has 9 nitrogen and oxygen atoms in total. The Morgan fingerprint density at radius 2 is 1.68 bits per heavy atom. The Labute approximate surface area is 144 Å². The number of aromatic nitrogens is 1. The molecule has 0 N–H and O–H groups in total. The van der Waals surface area contributed by atoms with Crippen molar-refractivity contribution in [2.24, 2.45) is 0 Å². The van der Waals surface area contributed by atoms with Crippen molar-refractivity contribution in [3.63, 3.8) is 0 Å². The Morgan fingerprint density at radius 1 is 1.08 bits per heavy atom. The maximum atomic E-state index is 12.6. The summed E-state index contributed by atoms with van der Waals surface area (Å²) in [4.78, 5) is 38.5. The predicted octanol–water partition coefficient (Wildman–Crippen LogP) is 3.39. The summed E-state index contributed by atoms with van der Waals surface area (Å²) in [5.41, 5.74) is -0.472. The van der Waals surface area contributed by atoms with Crippen LogP contribution < -0.4 is 4.90 Å². The van der Waals surface area contributed by atoms with Gasteiger partial charge in [-0.25, -0.2) is 4.98 Å². The molecule has 1 aromatic heterocycles. The van der Waals surface area contributed by atoms with E-state index in [0.29, 0.717) is 10.6 Å². The van der Waals surface area contributed by atoms with Crippen molar-refractivity contribution < 1.29 is 14.6 Å². The van der Waals surface area contributed by atoms with E-state index < -0.39 is 27.1 Å². The van der Waals surface area contributed by atoms with Gasteiger partial charge in [0.2, 0.25) is 0 Å². The highest BCUT2D eigenvalue weighted by molar-refractivity contribution is 7.22. The zero-order chi connectivity index (χ0) is 18.1. The highest BCUT2D eigenvalue weighted by Gasteiger charge is 2.23. The number of nitro groups is 2. The first-order valence-electron chi connectivity index (χ1n) is 6.94. The SMILES string of the molecule is CN(C(=O)c1cc([N+](=O)[O-])cc([N+](=O)[O-])c1)c1nc2ccccc2s1. The zero-order valence-corrected chi connectivity index (χ0v) is 13.6. The molecule has 0 fully saturated rings. The molecule has 0 unspecified atom stereocenters. The van der Waals surface area contributed by atoms with Crippen molar-refractivity contribution in [1.29, 1.82) is 0 Å². The molecule has 0 bridgehead atoms. The lowest BCUT2D eigenvalue weighted by molar-refractivity contribution is -0.394. The highest BCUT2D eigenvalue weighted by Crippen LogP contribution is 2.30. The Bertz CT molecular complexity index is 951. The van der Waals surface area contributed by atoms with Gasteiger partial charge >= 0.3 is 0 Å². The van der Waals surface area contributed by atoms with Gasteiger partial charge in [0.15, 0.2) is 5.13 Å². The van der Waals surface area contributed by atoms with E-state index in [1.54, 1.807) is 6.07 Å². The number of thiazole rings is 1. The van der Waals surface area contributed by atoms with Gasteiger partial charge in [-0.15, -0.1) is 0 Å². The first-order valence-corrected chi connectivity index (χ1v) is 7.76. The molecule has 0 aliphatic carbocycles. The van der Waals surface area contributed by atoms with Crippen LogP contribution in [0.5, 0.6) is 0 Å². The fourth-order valence-corrected chi connectivity index (χ4v) is 3.14. The number of rotatable bonds is 4. The fourth-order valence-electron chi connectivity index (χ4n) is 2.21. The topological polar surface area (TPSA) is 119 Å². The Kier molecular flexibility index (Phi) is 4.11. The largest absolute Gasteiger partial charge is 0.287 e. The fraction of sp³-hybridized carbons (Fsp3) is 0.0667. The van der Waals surface area contributed by atoms with Crippen LogP contribution in [-0.2, 0) is 0 Å². The number of para-hydroxylation sites is 1. The van der Waals surface area contributed by atoms with E-state index in [1.165, 1.54) is 23.3 Å². The van der Waals surface area contributed by atoms with Gasteiger partial charge in [0.25, 0.3) is 17.3 Å². The second-order valence-corrected chi connectivity index (χ2v) is 6.09. The lowest BCUT2D eigenvalue weighted by Crippen LogP contribution is -2.26. The molecule has 1 amide bonds. The van der Waals surface area contributed by atoms with Crippen molar-refractivity contribution in [1.82, 2.24) is 4.98 Å². The van der Waals surface area contributed by atoms with Crippen molar-refractivity contribution in [2.75, 3.05) is 11.9 Å². The first-order chi connectivity index (χ1) is 11.9.